The fourth-order valence-corrected chi connectivity index (χ4v) is 2.59. The van der Waals surface area contributed by atoms with Gasteiger partial charge in [0.2, 0.25) is 0 Å². The molecule has 116 valence electrons. The van der Waals surface area contributed by atoms with Crippen molar-refractivity contribution in [2.75, 3.05) is 13.6 Å². The van der Waals surface area contributed by atoms with Crippen LogP contribution < -0.4 is 0 Å². The van der Waals surface area contributed by atoms with Crippen LogP contribution in [0.15, 0.2) is 0 Å². The summed E-state index contributed by atoms with van der Waals surface area (Å²) in [7, 11) is 2.30. The molecular formula is C18H39N. The van der Waals surface area contributed by atoms with Crippen LogP contribution in [0.25, 0.3) is 0 Å². The Labute approximate surface area is 123 Å². The van der Waals surface area contributed by atoms with Gasteiger partial charge >= 0.3 is 0 Å². The van der Waals surface area contributed by atoms with Crippen LogP contribution in [0.4, 0.5) is 0 Å². The van der Waals surface area contributed by atoms with Gasteiger partial charge in [0, 0.05) is 5.54 Å². The second-order valence-electron chi connectivity index (χ2n) is 6.81. The van der Waals surface area contributed by atoms with E-state index in [1.54, 1.807) is 0 Å². The van der Waals surface area contributed by atoms with Gasteiger partial charge in [0.15, 0.2) is 0 Å². The third kappa shape index (κ3) is 10.4. The van der Waals surface area contributed by atoms with Crippen LogP contribution in [0.2, 0.25) is 0 Å². The summed E-state index contributed by atoms with van der Waals surface area (Å²) in [4.78, 5) is 2.57. The highest BCUT2D eigenvalue weighted by Gasteiger charge is 2.21. The zero-order valence-electron chi connectivity index (χ0n) is 14.4. The summed E-state index contributed by atoms with van der Waals surface area (Å²) in [6, 6.07) is 0. The highest BCUT2D eigenvalue weighted by atomic mass is 15.2. The van der Waals surface area contributed by atoms with Crippen molar-refractivity contribution in [1.29, 1.82) is 0 Å². The summed E-state index contributed by atoms with van der Waals surface area (Å²) in [5.41, 5.74) is 0.386. The van der Waals surface area contributed by atoms with Crippen molar-refractivity contribution in [3.8, 4) is 0 Å². The molecule has 19 heavy (non-hydrogen) atoms. The molecule has 0 aliphatic rings. The average molecular weight is 270 g/mol. The van der Waals surface area contributed by atoms with E-state index < -0.39 is 0 Å². The first-order valence-corrected chi connectivity index (χ1v) is 8.75. The highest BCUT2D eigenvalue weighted by molar-refractivity contribution is 4.78. The van der Waals surface area contributed by atoms with E-state index in [1.165, 1.54) is 77.2 Å². The molecule has 0 saturated carbocycles. The molecule has 0 aliphatic heterocycles. The van der Waals surface area contributed by atoms with Crippen LogP contribution in [0.1, 0.15) is 98.3 Å². The van der Waals surface area contributed by atoms with E-state index in [2.05, 4.69) is 39.6 Å². The van der Waals surface area contributed by atoms with Crippen LogP contribution in [0.5, 0.6) is 0 Å². The predicted octanol–water partition coefficient (Wildman–Crippen LogP) is 6.03. The van der Waals surface area contributed by atoms with Crippen LogP contribution in [0, 0.1) is 0 Å². The summed E-state index contributed by atoms with van der Waals surface area (Å²) in [6.45, 7) is 10.6. The number of unbranched alkanes of at least 4 members (excludes halogenated alkanes) is 8. The first-order valence-electron chi connectivity index (χ1n) is 8.75. The Morgan fingerprint density at radius 2 is 1.16 bits per heavy atom. The minimum absolute atomic E-state index is 0.386. The fraction of sp³-hybridized carbons (Fsp3) is 1.00. The zero-order valence-corrected chi connectivity index (χ0v) is 14.4. The Balaban J connectivity index is 3.49. The minimum Gasteiger partial charge on any atom is -0.301 e. The van der Waals surface area contributed by atoms with Gasteiger partial charge in [-0.25, -0.2) is 0 Å². The van der Waals surface area contributed by atoms with E-state index in [4.69, 9.17) is 0 Å². The van der Waals surface area contributed by atoms with Gasteiger partial charge < -0.3 is 4.90 Å². The second kappa shape index (κ2) is 11.8. The molecular weight excluding hydrogens is 230 g/mol. The third-order valence-electron chi connectivity index (χ3n) is 4.52. The lowest BCUT2D eigenvalue weighted by molar-refractivity contribution is 0.139. The van der Waals surface area contributed by atoms with Crippen molar-refractivity contribution in [2.24, 2.45) is 0 Å². The van der Waals surface area contributed by atoms with Gasteiger partial charge in [0.05, 0.1) is 0 Å². The molecule has 0 aliphatic carbocycles. The maximum atomic E-state index is 2.57. The molecule has 1 heteroatoms. The molecule has 0 unspecified atom stereocenters. The standard InChI is InChI=1S/C18H39N/c1-6-8-10-11-12-13-14-15-17-19(5)18(3,4)16-9-7-2/h6-17H2,1-5H3. The van der Waals surface area contributed by atoms with E-state index in [1.807, 2.05) is 0 Å². The van der Waals surface area contributed by atoms with Crippen molar-refractivity contribution in [2.45, 2.75) is 104 Å². The van der Waals surface area contributed by atoms with Crippen molar-refractivity contribution in [3.63, 3.8) is 0 Å². The number of rotatable bonds is 13. The summed E-state index contributed by atoms with van der Waals surface area (Å²) in [5.74, 6) is 0. The summed E-state index contributed by atoms with van der Waals surface area (Å²) in [6.07, 6.45) is 15.4. The third-order valence-corrected chi connectivity index (χ3v) is 4.52. The van der Waals surface area contributed by atoms with Gasteiger partial charge in [-0.15, -0.1) is 0 Å². The van der Waals surface area contributed by atoms with Crippen molar-refractivity contribution >= 4 is 0 Å². The molecule has 0 radical (unpaired) electrons. The Bertz CT molecular complexity index is 186. The Kier molecular flexibility index (Phi) is 11.7. The van der Waals surface area contributed by atoms with Gasteiger partial charge in [-0.2, -0.15) is 0 Å². The van der Waals surface area contributed by atoms with E-state index in [9.17, 15) is 0 Å². The molecule has 0 aromatic heterocycles. The average Bonchev–Trinajstić information content (AvgIpc) is 2.39. The lowest BCUT2D eigenvalue weighted by Crippen LogP contribution is -2.41. The molecule has 1 nitrogen and oxygen atoms in total. The van der Waals surface area contributed by atoms with Crippen LogP contribution >= 0.6 is 0 Å². The molecule has 0 aromatic rings. The molecule has 0 atom stereocenters. The van der Waals surface area contributed by atoms with Crippen LogP contribution in [-0.4, -0.2) is 24.0 Å². The topological polar surface area (TPSA) is 3.24 Å². The maximum Gasteiger partial charge on any atom is 0.0150 e. The SMILES string of the molecule is CCCCCCCCCCN(C)C(C)(C)CCCC. The summed E-state index contributed by atoms with van der Waals surface area (Å²) in [5, 5.41) is 0. The molecule has 0 spiro atoms. The van der Waals surface area contributed by atoms with E-state index in [0.717, 1.165) is 0 Å². The number of nitrogens with zero attached hydrogens (tertiary/aromatic N) is 1. The van der Waals surface area contributed by atoms with E-state index in [0.29, 0.717) is 5.54 Å². The maximum absolute atomic E-state index is 2.57. The van der Waals surface area contributed by atoms with Gasteiger partial charge in [0.25, 0.3) is 0 Å². The molecule has 0 amide bonds. The van der Waals surface area contributed by atoms with Crippen LogP contribution in [0.3, 0.4) is 0 Å². The monoisotopic (exact) mass is 269 g/mol. The molecule has 0 fully saturated rings. The Hall–Kier alpha value is -0.0400. The lowest BCUT2D eigenvalue weighted by atomic mass is 9.95. The van der Waals surface area contributed by atoms with Gasteiger partial charge in [-0.3, -0.25) is 0 Å². The summed E-state index contributed by atoms with van der Waals surface area (Å²) >= 11 is 0. The largest absolute Gasteiger partial charge is 0.301 e. The fourth-order valence-electron chi connectivity index (χ4n) is 2.59. The smallest absolute Gasteiger partial charge is 0.0150 e. The van der Waals surface area contributed by atoms with Crippen molar-refractivity contribution in [3.05, 3.63) is 0 Å². The van der Waals surface area contributed by atoms with Crippen LogP contribution in [-0.2, 0) is 0 Å². The predicted molar refractivity (Wildman–Crippen MR) is 88.8 cm³/mol. The Morgan fingerprint density at radius 1 is 0.684 bits per heavy atom. The van der Waals surface area contributed by atoms with Gasteiger partial charge in [-0.05, 0) is 40.3 Å². The van der Waals surface area contributed by atoms with Crippen molar-refractivity contribution in [1.82, 2.24) is 4.90 Å². The Morgan fingerprint density at radius 3 is 1.68 bits per heavy atom. The molecule has 0 saturated heterocycles. The highest BCUT2D eigenvalue weighted by Crippen LogP contribution is 2.20. The minimum atomic E-state index is 0.386. The molecule has 0 heterocycles. The van der Waals surface area contributed by atoms with E-state index in [-0.39, 0.29) is 0 Å². The summed E-state index contributed by atoms with van der Waals surface area (Å²) < 4.78 is 0. The molecule has 0 N–H and O–H groups in total. The lowest BCUT2D eigenvalue weighted by Gasteiger charge is -2.36. The number of hydrogen-bond donors (Lipinski definition) is 0. The van der Waals surface area contributed by atoms with E-state index >= 15 is 0 Å². The molecule has 0 aromatic carbocycles. The van der Waals surface area contributed by atoms with Crippen molar-refractivity contribution < 1.29 is 0 Å². The first kappa shape index (κ1) is 19.0. The molecule has 0 bridgehead atoms. The second-order valence-corrected chi connectivity index (χ2v) is 6.81. The van der Waals surface area contributed by atoms with Gasteiger partial charge in [0.1, 0.15) is 0 Å². The number of hydrogen-bond acceptors (Lipinski definition) is 1. The zero-order chi connectivity index (χ0) is 14.6. The van der Waals surface area contributed by atoms with Gasteiger partial charge in [-0.1, -0.05) is 71.6 Å². The normalized spacial score (nSPS) is 12.3. The first-order chi connectivity index (χ1) is 9.04. The molecule has 0 rings (SSSR count). The quantitative estimate of drug-likeness (QED) is 0.369.